The largest absolute Gasteiger partial charge is 0.476 e. The van der Waals surface area contributed by atoms with Crippen molar-refractivity contribution in [2.45, 2.75) is 13.0 Å². The number of carbonyl (C=O) groups excluding carboxylic acids is 1. The van der Waals surface area contributed by atoms with Crippen molar-refractivity contribution < 1.29 is 14.3 Å². The normalized spacial score (nSPS) is 11.9. The standard InChI is InChI=1S/C10H14N2O3/c1-7(11)6-15-9-5-8(3-4-12-9)10(13)14-2/h3-5,7H,6,11H2,1-2H3. The first-order valence-electron chi connectivity index (χ1n) is 4.56. The molecule has 5 heteroatoms. The first kappa shape index (κ1) is 11.5. The number of hydrogen-bond acceptors (Lipinski definition) is 5. The smallest absolute Gasteiger partial charge is 0.338 e. The van der Waals surface area contributed by atoms with Crippen LogP contribution in [0.4, 0.5) is 0 Å². The zero-order valence-electron chi connectivity index (χ0n) is 8.77. The minimum absolute atomic E-state index is 0.0754. The molecule has 1 atom stereocenters. The minimum atomic E-state index is -0.414. The van der Waals surface area contributed by atoms with Gasteiger partial charge in [0.15, 0.2) is 0 Å². The first-order valence-corrected chi connectivity index (χ1v) is 4.56. The zero-order chi connectivity index (χ0) is 11.3. The zero-order valence-corrected chi connectivity index (χ0v) is 8.77. The summed E-state index contributed by atoms with van der Waals surface area (Å²) in [5.41, 5.74) is 5.93. The van der Waals surface area contributed by atoms with Gasteiger partial charge < -0.3 is 15.2 Å². The monoisotopic (exact) mass is 210 g/mol. The molecule has 0 aromatic carbocycles. The SMILES string of the molecule is COC(=O)c1ccnc(OCC(C)N)c1. The van der Waals surface area contributed by atoms with E-state index in [9.17, 15) is 4.79 Å². The van der Waals surface area contributed by atoms with Gasteiger partial charge in [0.05, 0.1) is 12.7 Å². The van der Waals surface area contributed by atoms with Crippen molar-refractivity contribution in [3.63, 3.8) is 0 Å². The van der Waals surface area contributed by atoms with Crippen molar-refractivity contribution >= 4 is 5.97 Å². The number of pyridine rings is 1. The predicted molar refractivity (Wildman–Crippen MR) is 54.7 cm³/mol. The van der Waals surface area contributed by atoms with Gasteiger partial charge in [-0.3, -0.25) is 0 Å². The molecule has 0 spiro atoms. The summed E-state index contributed by atoms with van der Waals surface area (Å²) in [5, 5.41) is 0. The number of hydrogen-bond donors (Lipinski definition) is 1. The van der Waals surface area contributed by atoms with E-state index in [0.29, 0.717) is 18.1 Å². The van der Waals surface area contributed by atoms with Gasteiger partial charge in [-0.15, -0.1) is 0 Å². The van der Waals surface area contributed by atoms with E-state index in [1.165, 1.54) is 19.4 Å². The molecule has 1 aromatic heterocycles. The van der Waals surface area contributed by atoms with E-state index < -0.39 is 5.97 Å². The van der Waals surface area contributed by atoms with Crippen molar-refractivity contribution in [3.8, 4) is 5.88 Å². The number of nitrogens with two attached hydrogens (primary N) is 1. The van der Waals surface area contributed by atoms with E-state index in [0.717, 1.165) is 0 Å². The second kappa shape index (κ2) is 5.31. The topological polar surface area (TPSA) is 74.4 Å². The number of methoxy groups -OCH3 is 1. The summed E-state index contributed by atoms with van der Waals surface area (Å²) < 4.78 is 9.83. The molecule has 0 bridgehead atoms. The Hall–Kier alpha value is -1.62. The van der Waals surface area contributed by atoms with Crippen LogP contribution in [0.5, 0.6) is 5.88 Å². The van der Waals surface area contributed by atoms with E-state index in [1.54, 1.807) is 6.07 Å². The Morgan fingerprint density at radius 3 is 3.00 bits per heavy atom. The summed E-state index contributed by atoms with van der Waals surface area (Å²) >= 11 is 0. The number of nitrogens with zero attached hydrogens (tertiary/aromatic N) is 1. The van der Waals surface area contributed by atoms with Crippen molar-refractivity contribution in [2.24, 2.45) is 5.73 Å². The van der Waals surface area contributed by atoms with Crippen LogP contribution in [0.15, 0.2) is 18.3 Å². The van der Waals surface area contributed by atoms with Gasteiger partial charge in [-0.25, -0.2) is 9.78 Å². The van der Waals surface area contributed by atoms with Crippen LogP contribution in [-0.4, -0.2) is 30.7 Å². The minimum Gasteiger partial charge on any atom is -0.476 e. The molecule has 1 heterocycles. The molecule has 15 heavy (non-hydrogen) atoms. The number of carbonyl (C=O) groups is 1. The van der Waals surface area contributed by atoms with Crippen LogP contribution in [-0.2, 0) is 4.74 Å². The highest BCUT2D eigenvalue weighted by Crippen LogP contribution is 2.10. The molecule has 5 nitrogen and oxygen atoms in total. The fraction of sp³-hybridized carbons (Fsp3) is 0.400. The summed E-state index contributed by atoms with van der Waals surface area (Å²) in [6.07, 6.45) is 1.49. The third-order valence-electron chi connectivity index (χ3n) is 1.65. The lowest BCUT2D eigenvalue weighted by Gasteiger charge is -2.08. The Labute approximate surface area is 88.2 Å². The summed E-state index contributed by atoms with van der Waals surface area (Å²) in [5.74, 6) is -0.0433. The molecule has 1 rings (SSSR count). The molecule has 1 unspecified atom stereocenters. The van der Waals surface area contributed by atoms with Crippen LogP contribution < -0.4 is 10.5 Å². The van der Waals surface area contributed by atoms with E-state index in [2.05, 4.69) is 9.72 Å². The van der Waals surface area contributed by atoms with E-state index in [4.69, 9.17) is 10.5 Å². The van der Waals surface area contributed by atoms with Crippen LogP contribution in [0, 0.1) is 0 Å². The van der Waals surface area contributed by atoms with E-state index in [-0.39, 0.29) is 6.04 Å². The maximum Gasteiger partial charge on any atom is 0.338 e. The average Bonchev–Trinajstić information content (AvgIpc) is 2.25. The van der Waals surface area contributed by atoms with Gasteiger partial charge in [-0.2, -0.15) is 0 Å². The van der Waals surface area contributed by atoms with Gasteiger partial charge in [0.2, 0.25) is 5.88 Å². The van der Waals surface area contributed by atoms with Gasteiger partial charge >= 0.3 is 5.97 Å². The summed E-state index contributed by atoms with van der Waals surface area (Å²) in [6.45, 7) is 2.18. The predicted octanol–water partition coefficient (Wildman–Crippen LogP) is 0.594. The van der Waals surface area contributed by atoms with Crippen molar-refractivity contribution in [1.29, 1.82) is 0 Å². The average molecular weight is 210 g/mol. The van der Waals surface area contributed by atoms with Crippen LogP contribution in [0.25, 0.3) is 0 Å². The van der Waals surface area contributed by atoms with Crippen LogP contribution in [0.2, 0.25) is 0 Å². The van der Waals surface area contributed by atoms with Gasteiger partial charge in [-0.1, -0.05) is 0 Å². The van der Waals surface area contributed by atoms with Gasteiger partial charge in [0, 0.05) is 18.3 Å². The number of rotatable bonds is 4. The third-order valence-corrected chi connectivity index (χ3v) is 1.65. The second-order valence-electron chi connectivity index (χ2n) is 3.16. The number of aromatic nitrogens is 1. The first-order chi connectivity index (χ1) is 7.13. The Morgan fingerprint density at radius 1 is 1.67 bits per heavy atom. The molecule has 0 saturated carbocycles. The lowest BCUT2D eigenvalue weighted by atomic mass is 10.3. The maximum absolute atomic E-state index is 11.2. The van der Waals surface area contributed by atoms with Gasteiger partial charge in [0.1, 0.15) is 6.61 Å². The maximum atomic E-state index is 11.2. The molecule has 0 aliphatic rings. The van der Waals surface area contributed by atoms with Gasteiger partial charge in [-0.05, 0) is 13.0 Å². The van der Waals surface area contributed by atoms with Crippen LogP contribution in [0.1, 0.15) is 17.3 Å². The van der Waals surface area contributed by atoms with Crippen LogP contribution >= 0.6 is 0 Å². The number of ether oxygens (including phenoxy) is 2. The number of esters is 1. The highest BCUT2D eigenvalue weighted by molar-refractivity contribution is 5.89. The Morgan fingerprint density at radius 2 is 2.40 bits per heavy atom. The van der Waals surface area contributed by atoms with E-state index in [1.807, 2.05) is 6.92 Å². The fourth-order valence-electron chi connectivity index (χ4n) is 0.950. The molecule has 0 aliphatic carbocycles. The second-order valence-corrected chi connectivity index (χ2v) is 3.16. The summed E-state index contributed by atoms with van der Waals surface area (Å²) in [4.78, 5) is 15.1. The molecule has 0 radical (unpaired) electrons. The van der Waals surface area contributed by atoms with Crippen LogP contribution in [0.3, 0.4) is 0 Å². The molecule has 0 amide bonds. The highest BCUT2D eigenvalue weighted by atomic mass is 16.5. The summed E-state index contributed by atoms with van der Waals surface area (Å²) in [6, 6.07) is 3.01. The van der Waals surface area contributed by atoms with Gasteiger partial charge in [0.25, 0.3) is 0 Å². The van der Waals surface area contributed by atoms with E-state index >= 15 is 0 Å². The lowest BCUT2D eigenvalue weighted by molar-refractivity contribution is 0.0600. The summed E-state index contributed by atoms with van der Waals surface area (Å²) in [7, 11) is 1.32. The molecule has 0 aliphatic heterocycles. The quantitative estimate of drug-likeness (QED) is 0.736. The highest BCUT2D eigenvalue weighted by Gasteiger charge is 2.07. The molecule has 0 fully saturated rings. The molecule has 0 saturated heterocycles. The Bertz CT molecular complexity index is 339. The molecule has 2 N–H and O–H groups in total. The lowest BCUT2D eigenvalue weighted by Crippen LogP contribution is -2.24. The third kappa shape index (κ3) is 3.55. The van der Waals surface area contributed by atoms with Crippen molar-refractivity contribution in [1.82, 2.24) is 4.98 Å². The van der Waals surface area contributed by atoms with Crippen molar-refractivity contribution in [2.75, 3.05) is 13.7 Å². The molecule has 82 valence electrons. The Kier molecular flexibility index (Phi) is 4.05. The molecular formula is C10H14N2O3. The molecule has 1 aromatic rings. The fourth-order valence-corrected chi connectivity index (χ4v) is 0.950. The van der Waals surface area contributed by atoms with Crippen molar-refractivity contribution in [3.05, 3.63) is 23.9 Å². The molecular weight excluding hydrogens is 196 g/mol. The Balaban J connectivity index is 2.70.